The third-order valence-electron chi connectivity index (χ3n) is 5.00. The topological polar surface area (TPSA) is 122 Å². The first-order valence-electron chi connectivity index (χ1n) is 10.6. The summed E-state index contributed by atoms with van der Waals surface area (Å²) in [6.45, 7) is 0.212. The summed E-state index contributed by atoms with van der Waals surface area (Å²) in [6.07, 6.45) is 1.63. The van der Waals surface area contributed by atoms with Crippen molar-refractivity contribution in [3.8, 4) is 23.0 Å². The average Bonchev–Trinajstić information content (AvgIpc) is 2.87. The van der Waals surface area contributed by atoms with Crippen LogP contribution in [0, 0.1) is 13.7 Å². The van der Waals surface area contributed by atoms with Crippen molar-refractivity contribution in [3.63, 3.8) is 0 Å². The van der Waals surface area contributed by atoms with E-state index >= 15 is 0 Å². The second kappa shape index (κ2) is 12.7. The molecule has 0 fully saturated rings. The van der Waals surface area contributed by atoms with Gasteiger partial charge in [0.1, 0.15) is 6.61 Å². The molecule has 0 aliphatic carbocycles. The number of methoxy groups -OCH3 is 3. The van der Waals surface area contributed by atoms with Crippen molar-refractivity contribution in [2.45, 2.75) is 13.0 Å². The van der Waals surface area contributed by atoms with E-state index in [1.165, 1.54) is 32.6 Å². The van der Waals surface area contributed by atoms with E-state index in [1.807, 2.05) is 6.07 Å². The van der Waals surface area contributed by atoms with E-state index in [9.17, 15) is 14.9 Å². The highest BCUT2D eigenvalue weighted by Crippen LogP contribution is 2.34. The largest absolute Gasteiger partial charge is 0.493 e. The Kier molecular flexibility index (Phi) is 9.45. The first kappa shape index (κ1) is 26.7. The van der Waals surface area contributed by atoms with Crippen LogP contribution in [0.5, 0.6) is 23.0 Å². The van der Waals surface area contributed by atoms with Crippen molar-refractivity contribution < 1.29 is 28.7 Å². The fourth-order valence-electron chi connectivity index (χ4n) is 3.22. The van der Waals surface area contributed by atoms with Crippen molar-refractivity contribution >= 4 is 40.4 Å². The minimum atomic E-state index is -0.449. The van der Waals surface area contributed by atoms with Gasteiger partial charge in [-0.25, -0.2) is 5.43 Å². The number of hydrogen-bond donors (Lipinski definition) is 1. The summed E-state index contributed by atoms with van der Waals surface area (Å²) in [5, 5.41) is 14.8. The maximum Gasteiger partial charge on any atom is 0.269 e. The molecule has 0 saturated carbocycles. The molecule has 0 spiro atoms. The van der Waals surface area contributed by atoms with Crippen LogP contribution in [0.25, 0.3) is 0 Å². The Bertz CT molecular complexity index is 1260. The predicted molar refractivity (Wildman–Crippen MR) is 142 cm³/mol. The van der Waals surface area contributed by atoms with Crippen molar-refractivity contribution in [3.05, 3.63) is 85.0 Å². The fraction of sp³-hybridized carbons (Fsp3) is 0.200. The van der Waals surface area contributed by atoms with Crippen LogP contribution in [0.2, 0.25) is 0 Å². The number of amides is 1. The lowest BCUT2D eigenvalue weighted by atomic mass is 10.1. The van der Waals surface area contributed by atoms with E-state index in [2.05, 4.69) is 33.1 Å². The van der Waals surface area contributed by atoms with Gasteiger partial charge in [0.2, 0.25) is 5.91 Å². The van der Waals surface area contributed by atoms with Gasteiger partial charge in [-0.2, -0.15) is 5.10 Å². The predicted octanol–water partition coefficient (Wildman–Crippen LogP) is 4.50. The van der Waals surface area contributed by atoms with Crippen LogP contribution in [-0.2, 0) is 17.8 Å². The summed E-state index contributed by atoms with van der Waals surface area (Å²) >= 11 is 2.12. The molecule has 0 aliphatic heterocycles. The Balaban J connectivity index is 1.62. The molecule has 1 N–H and O–H groups in total. The van der Waals surface area contributed by atoms with Crippen LogP contribution in [-0.4, -0.2) is 38.4 Å². The number of nitro benzene ring substituents is 1. The second-order valence-corrected chi connectivity index (χ2v) is 8.57. The zero-order valence-electron chi connectivity index (χ0n) is 19.8. The summed E-state index contributed by atoms with van der Waals surface area (Å²) in [5.41, 5.74) is 4.77. The third kappa shape index (κ3) is 7.07. The zero-order valence-corrected chi connectivity index (χ0v) is 22.0. The molecule has 188 valence electrons. The van der Waals surface area contributed by atoms with Crippen molar-refractivity contribution in [2.75, 3.05) is 21.3 Å². The van der Waals surface area contributed by atoms with Crippen LogP contribution < -0.4 is 24.4 Å². The molecule has 3 rings (SSSR count). The summed E-state index contributed by atoms with van der Waals surface area (Å²) < 4.78 is 22.6. The van der Waals surface area contributed by atoms with Gasteiger partial charge in [-0.05, 0) is 75.7 Å². The Morgan fingerprint density at radius 1 is 0.972 bits per heavy atom. The van der Waals surface area contributed by atoms with E-state index in [1.54, 1.807) is 43.5 Å². The van der Waals surface area contributed by atoms with Crippen LogP contribution >= 0.6 is 22.6 Å². The van der Waals surface area contributed by atoms with Gasteiger partial charge in [-0.1, -0.05) is 6.07 Å². The fourth-order valence-corrected chi connectivity index (χ4v) is 4.00. The van der Waals surface area contributed by atoms with E-state index in [4.69, 9.17) is 18.9 Å². The molecular formula is C25H24IN3O7. The maximum absolute atomic E-state index is 12.3. The molecule has 0 radical (unpaired) electrons. The molecule has 0 saturated heterocycles. The molecule has 0 bridgehead atoms. The number of non-ortho nitro benzene ring substituents is 1. The number of benzene rings is 3. The van der Waals surface area contributed by atoms with E-state index in [0.717, 1.165) is 14.7 Å². The molecule has 0 heterocycles. The number of nitrogens with zero attached hydrogens (tertiary/aromatic N) is 2. The van der Waals surface area contributed by atoms with Crippen LogP contribution in [0.4, 0.5) is 5.69 Å². The van der Waals surface area contributed by atoms with Gasteiger partial charge in [0.15, 0.2) is 23.0 Å². The summed E-state index contributed by atoms with van der Waals surface area (Å²) in [4.78, 5) is 22.7. The standard InChI is InChI=1S/C25H24IN3O7/c1-33-21-9-6-17(11-22(21)34-2)13-24(30)28-27-14-18-10-20(26)25(23(12-18)35-3)36-15-16-4-7-19(8-5-16)29(31)32/h4-12,14H,13,15H2,1-3H3,(H,28,30)/b27-14+. The number of hydrazone groups is 1. The van der Waals surface area contributed by atoms with Crippen LogP contribution in [0.3, 0.4) is 0 Å². The molecule has 1 amide bonds. The lowest BCUT2D eigenvalue weighted by Gasteiger charge is -2.13. The zero-order chi connectivity index (χ0) is 26.1. The highest BCUT2D eigenvalue weighted by Gasteiger charge is 2.13. The quantitative estimate of drug-likeness (QED) is 0.148. The number of nitro groups is 1. The first-order valence-corrected chi connectivity index (χ1v) is 11.7. The van der Waals surface area contributed by atoms with Gasteiger partial charge in [-0.3, -0.25) is 14.9 Å². The molecule has 0 aliphatic rings. The van der Waals surface area contributed by atoms with Gasteiger partial charge in [0, 0.05) is 12.1 Å². The number of ether oxygens (including phenoxy) is 4. The molecular weight excluding hydrogens is 581 g/mol. The normalized spacial score (nSPS) is 10.7. The van der Waals surface area contributed by atoms with Gasteiger partial charge in [0.05, 0.1) is 42.5 Å². The van der Waals surface area contributed by atoms with Crippen molar-refractivity contribution in [2.24, 2.45) is 5.10 Å². The molecule has 3 aromatic carbocycles. The van der Waals surface area contributed by atoms with E-state index < -0.39 is 4.92 Å². The first-order chi connectivity index (χ1) is 17.3. The number of halogens is 1. The van der Waals surface area contributed by atoms with Gasteiger partial charge in [-0.15, -0.1) is 0 Å². The van der Waals surface area contributed by atoms with Gasteiger partial charge < -0.3 is 18.9 Å². The SMILES string of the molecule is COc1ccc(CC(=O)N/N=C/c2cc(I)c(OCc3ccc([N+](=O)[O-])cc3)c(OC)c2)cc1OC. The molecule has 0 atom stereocenters. The number of rotatable bonds is 11. The van der Waals surface area contributed by atoms with Crippen molar-refractivity contribution in [1.82, 2.24) is 5.43 Å². The Morgan fingerprint density at radius 3 is 2.28 bits per heavy atom. The van der Waals surface area contributed by atoms with Gasteiger partial charge in [0.25, 0.3) is 5.69 Å². The summed E-state index contributed by atoms with van der Waals surface area (Å²) in [7, 11) is 4.61. The molecule has 10 nitrogen and oxygen atoms in total. The number of carbonyl (C=O) groups is 1. The molecule has 3 aromatic rings. The molecule has 11 heteroatoms. The lowest BCUT2D eigenvalue weighted by molar-refractivity contribution is -0.384. The molecule has 36 heavy (non-hydrogen) atoms. The highest BCUT2D eigenvalue weighted by atomic mass is 127. The minimum absolute atomic E-state index is 0.0189. The monoisotopic (exact) mass is 605 g/mol. The average molecular weight is 605 g/mol. The smallest absolute Gasteiger partial charge is 0.269 e. The van der Waals surface area contributed by atoms with Crippen LogP contribution in [0.15, 0.2) is 59.7 Å². The lowest BCUT2D eigenvalue weighted by Crippen LogP contribution is -2.19. The van der Waals surface area contributed by atoms with Gasteiger partial charge >= 0.3 is 0 Å². The third-order valence-corrected chi connectivity index (χ3v) is 5.80. The Hall–Kier alpha value is -3.87. The number of hydrogen-bond acceptors (Lipinski definition) is 8. The second-order valence-electron chi connectivity index (χ2n) is 7.41. The summed E-state index contributed by atoms with van der Waals surface area (Å²) in [6, 6.07) is 15.0. The Labute approximate surface area is 221 Å². The van der Waals surface area contributed by atoms with Crippen LogP contribution in [0.1, 0.15) is 16.7 Å². The molecule has 0 unspecified atom stereocenters. The maximum atomic E-state index is 12.3. The number of nitrogens with one attached hydrogen (secondary N) is 1. The number of carbonyl (C=O) groups excluding carboxylic acids is 1. The Morgan fingerprint density at radius 2 is 1.64 bits per heavy atom. The van der Waals surface area contributed by atoms with E-state index in [0.29, 0.717) is 28.6 Å². The van der Waals surface area contributed by atoms with E-state index in [-0.39, 0.29) is 24.6 Å². The van der Waals surface area contributed by atoms with Crippen molar-refractivity contribution in [1.29, 1.82) is 0 Å². The summed E-state index contributed by atoms with van der Waals surface area (Å²) in [5.74, 6) is 1.86. The molecule has 0 aromatic heterocycles. The highest BCUT2D eigenvalue weighted by molar-refractivity contribution is 14.1. The minimum Gasteiger partial charge on any atom is -0.493 e.